The van der Waals surface area contributed by atoms with Gasteiger partial charge in [0, 0.05) is 12.6 Å². The molecule has 1 amide bonds. The van der Waals surface area contributed by atoms with Crippen LogP contribution < -0.4 is 10.6 Å². The molecule has 2 rings (SSSR count). The van der Waals surface area contributed by atoms with Crippen molar-refractivity contribution in [2.24, 2.45) is 5.41 Å². The molecule has 0 spiro atoms. The van der Waals surface area contributed by atoms with Crippen molar-refractivity contribution >= 4 is 41.5 Å². The Morgan fingerprint density at radius 1 is 1.53 bits per heavy atom. The topological polar surface area (TPSA) is 41.1 Å². The molecule has 2 unspecified atom stereocenters. The summed E-state index contributed by atoms with van der Waals surface area (Å²) in [6, 6.07) is 0.240. The van der Waals surface area contributed by atoms with E-state index in [0.29, 0.717) is 6.42 Å². The molecule has 2 aliphatic rings. The predicted octanol–water partition coefficient (Wildman–Crippen LogP) is 1.47. The fourth-order valence-corrected chi connectivity index (χ4v) is 2.47. The summed E-state index contributed by atoms with van der Waals surface area (Å²) in [7, 11) is 0. The Labute approximate surface area is 106 Å². The number of rotatable bonds is 2. The van der Waals surface area contributed by atoms with Crippen molar-refractivity contribution in [3.8, 4) is 0 Å². The lowest BCUT2D eigenvalue weighted by Gasteiger charge is -2.16. The Bertz CT molecular complexity index is 266. The van der Waals surface area contributed by atoms with E-state index in [1.54, 1.807) is 0 Å². The first-order chi connectivity index (χ1) is 6.46. The van der Waals surface area contributed by atoms with Gasteiger partial charge < -0.3 is 10.6 Å². The van der Waals surface area contributed by atoms with Crippen LogP contribution in [0.15, 0.2) is 0 Å². The quantitative estimate of drug-likeness (QED) is 0.748. The molecule has 0 radical (unpaired) electrons. The van der Waals surface area contributed by atoms with Crippen molar-refractivity contribution < 1.29 is 4.79 Å². The highest BCUT2D eigenvalue weighted by Gasteiger charge is 2.68. The van der Waals surface area contributed by atoms with Crippen LogP contribution >= 0.6 is 35.6 Å². The molecule has 6 heteroatoms. The average Bonchev–Trinajstić information content (AvgIpc) is 2.54. The standard InChI is InChI=1S/C9H14Cl2N2O.ClH/c1-8(5-9(8,10)11)7(14)13-6-2-3-12-4-6;/h6,12H,2-5H2,1H3,(H,13,14);1H. The van der Waals surface area contributed by atoms with E-state index in [-0.39, 0.29) is 24.4 Å². The largest absolute Gasteiger partial charge is 0.351 e. The molecule has 2 fully saturated rings. The fraction of sp³-hybridized carbons (Fsp3) is 0.889. The maximum atomic E-state index is 11.8. The fourth-order valence-electron chi connectivity index (χ4n) is 1.77. The van der Waals surface area contributed by atoms with Crippen molar-refractivity contribution in [3.63, 3.8) is 0 Å². The van der Waals surface area contributed by atoms with E-state index in [4.69, 9.17) is 23.2 Å². The van der Waals surface area contributed by atoms with Crippen molar-refractivity contribution in [1.29, 1.82) is 0 Å². The minimum atomic E-state index is -0.858. The van der Waals surface area contributed by atoms with Gasteiger partial charge in [0.15, 0.2) is 0 Å². The highest BCUT2D eigenvalue weighted by atomic mass is 35.5. The van der Waals surface area contributed by atoms with E-state index in [1.165, 1.54) is 0 Å². The van der Waals surface area contributed by atoms with Crippen molar-refractivity contribution in [2.75, 3.05) is 13.1 Å². The molecule has 0 aromatic carbocycles. The van der Waals surface area contributed by atoms with Crippen LogP contribution in [0.5, 0.6) is 0 Å². The predicted molar refractivity (Wildman–Crippen MR) is 63.8 cm³/mol. The molecule has 1 heterocycles. The van der Waals surface area contributed by atoms with Crippen LogP contribution in [0.3, 0.4) is 0 Å². The number of alkyl halides is 2. The summed E-state index contributed by atoms with van der Waals surface area (Å²) in [6.45, 7) is 3.62. The molecule has 1 saturated heterocycles. The number of carbonyl (C=O) groups is 1. The molecule has 1 saturated carbocycles. The lowest BCUT2D eigenvalue weighted by atomic mass is 10.1. The molecular formula is C9H15Cl3N2O. The van der Waals surface area contributed by atoms with Crippen LogP contribution in [0.1, 0.15) is 19.8 Å². The molecule has 0 aromatic heterocycles. The van der Waals surface area contributed by atoms with Gasteiger partial charge in [0.25, 0.3) is 0 Å². The molecule has 2 atom stereocenters. The number of amides is 1. The first-order valence-corrected chi connectivity index (χ1v) is 5.61. The van der Waals surface area contributed by atoms with Gasteiger partial charge in [0.2, 0.25) is 5.91 Å². The van der Waals surface area contributed by atoms with Gasteiger partial charge in [-0.2, -0.15) is 0 Å². The zero-order valence-corrected chi connectivity index (χ0v) is 10.8. The second-order valence-corrected chi connectivity index (χ2v) is 5.86. The van der Waals surface area contributed by atoms with Gasteiger partial charge in [-0.05, 0) is 26.3 Å². The third-order valence-corrected chi connectivity index (χ3v) is 4.26. The van der Waals surface area contributed by atoms with Gasteiger partial charge in [-0.3, -0.25) is 4.79 Å². The molecular weight excluding hydrogens is 258 g/mol. The number of carbonyl (C=O) groups excluding carboxylic acids is 1. The second kappa shape index (κ2) is 4.28. The number of hydrogen-bond acceptors (Lipinski definition) is 2. The SMILES string of the molecule is CC1(C(=O)NC2CCNC2)CC1(Cl)Cl.Cl. The van der Waals surface area contributed by atoms with Crippen LogP contribution in [-0.4, -0.2) is 29.4 Å². The third-order valence-electron chi connectivity index (χ3n) is 3.15. The van der Waals surface area contributed by atoms with E-state index in [1.807, 2.05) is 6.92 Å². The van der Waals surface area contributed by atoms with E-state index < -0.39 is 9.75 Å². The summed E-state index contributed by atoms with van der Waals surface area (Å²) in [5.41, 5.74) is -0.585. The maximum absolute atomic E-state index is 11.8. The molecule has 1 aliphatic heterocycles. The highest BCUT2D eigenvalue weighted by molar-refractivity contribution is 6.53. The molecule has 88 valence electrons. The Hall–Kier alpha value is 0.300. The Morgan fingerprint density at radius 2 is 2.13 bits per heavy atom. The van der Waals surface area contributed by atoms with Crippen LogP contribution in [0.25, 0.3) is 0 Å². The van der Waals surface area contributed by atoms with Crippen molar-refractivity contribution in [1.82, 2.24) is 10.6 Å². The van der Waals surface area contributed by atoms with Crippen LogP contribution in [0.2, 0.25) is 0 Å². The number of nitrogens with one attached hydrogen (secondary N) is 2. The zero-order chi connectivity index (χ0) is 10.4. The molecule has 0 bridgehead atoms. The summed E-state index contributed by atoms with van der Waals surface area (Å²) >= 11 is 11.8. The lowest BCUT2D eigenvalue weighted by molar-refractivity contribution is -0.126. The monoisotopic (exact) mass is 272 g/mol. The summed E-state index contributed by atoms with van der Waals surface area (Å²) in [4.78, 5) is 11.8. The van der Waals surface area contributed by atoms with Gasteiger partial charge >= 0.3 is 0 Å². The maximum Gasteiger partial charge on any atom is 0.229 e. The van der Waals surface area contributed by atoms with Crippen LogP contribution in [0.4, 0.5) is 0 Å². The van der Waals surface area contributed by atoms with Crippen LogP contribution in [0, 0.1) is 5.41 Å². The van der Waals surface area contributed by atoms with Crippen LogP contribution in [-0.2, 0) is 4.79 Å². The van der Waals surface area contributed by atoms with E-state index >= 15 is 0 Å². The summed E-state index contributed by atoms with van der Waals surface area (Å²) in [5.74, 6) is -0.0174. The minimum absolute atomic E-state index is 0. The lowest BCUT2D eigenvalue weighted by Crippen LogP contribution is -2.41. The molecule has 15 heavy (non-hydrogen) atoms. The van der Waals surface area contributed by atoms with Gasteiger partial charge in [0.1, 0.15) is 4.33 Å². The molecule has 3 nitrogen and oxygen atoms in total. The highest BCUT2D eigenvalue weighted by Crippen LogP contribution is 2.63. The van der Waals surface area contributed by atoms with Gasteiger partial charge in [-0.25, -0.2) is 0 Å². The Morgan fingerprint density at radius 3 is 2.53 bits per heavy atom. The minimum Gasteiger partial charge on any atom is -0.351 e. The first-order valence-electron chi connectivity index (χ1n) is 4.85. The molecule has 0 aromatic rings. The van der Waals surface area contributed by atoms with Gasteiger partial charge in [-0.15, -0.1) is 35.6 Å². The number of hydrogen-bond donors (Lipinski definition) is 2. The average molecular weight is 274 g/mol. The normalized spacial score (nSPS) is 36.9. The molecule has 1 aliphatic carbocycles. The molecule has 2 N–H and O–H groups in total. The summed E-state index contributed by atoms with van der Waals surface area (Å²) in [6.07, 6.45) is 1.54. The summed E-state index contributed by atoms with van der Waals surface area (Å²) < 4.78 is -0.858. The smallest absolute Gasteiger partial charge is 0.229 e. The van der Waals surface area contributed by atoms with Crippen molar-refractivity contribution in [2.45, 2.75) is 30.1 Å². The second-order valence-electron chi connectivity index (χ2n) is 4.38. The first kappa shape index (κ1) is 13.4. The van der Waals surface area contributed by atoms with E-state index in [2.05, 4.69) is 10.6 Å². The van der Waals surface area contributed by atoms with Gasteiger partial charge in [0.05, 0.1) is 5.41 Å². The van der Waals surface area contributed by atoms with Crippen molar-refractivity contribution in [3.05, 3.63) is 0 Å². The Kier molecular flexibility index (Phi) is 3.82. The van der Waals surface area contributed by atoms with E-state index in [0.717, 1.165) is 19.5 Å². The summed E-state index contributed by atoms with van der Waals surface area (Å²) in [5, 5.41) is 6.16. The zero-order valence-electron chi connectivity index (χ0n) is 8.48. The van der Waals surface area contributed by atoms with Gasteiger partial charge in [-0.1, -0.05) is 0 Å². The Balaban J connectivity index is 0.00000112. The number of halogens is 3. The third kappa shape index (κ3) is 2.36. The van der Waals surface area contributed by atoms with E-state index in [9.17, 15) is 4.79 Å².